The Morgan fingerprint density at radius 1 is 1.53 bits per heavy atom. The summed E-state index contributed by atoms with van der Waals surface area (Å²) in [7, 11) is 0. The first-order chi connectivity index (χ1) is 8.65. The van der Waals surface area contributed by atoms with Crippen LogP contribution in [-0.4, -0.2) is 18.5 Å². The van der Waals surface area contributed by atoms with E-state index in [-0.39, 0.29) is 18.3 Å². The van der Waals surface area contributed by atoms with Gasteiger partial charge in [0.2, 0.25) is 5.91 Å². The average Bonchev–Trinajstić information content (AvgIpc) is 2.83. The zero-order chi connectivity index (χ0) is 13.0. The molecule has 0 bridgehead atoms. The van der Waals surface area contributed by atoms with Gasteiger partial charge in [-0.05, 0) is 50.4 Å². The maximum Gasteiger partial charge on any atom is 0.224 e. The van der Waals surface area contributed by atoms with Crippen molar-refractivity contribution in [2.45, 2.75) is 38.6 Å². The smallest absolute Gasteiger partial charge is 0.224 e. The molecule has 1 aliphatic rings. The van der Waals surface area contributed by atoms with Crippen molar-refractivity contribution in [3.05, 3.63) is 28.8 Å². The van der Waals surface area contributed by atoms with Crippen molar-refractivity contribution in [2.24, 2.45) is 0 Å². The minimum Gasteiger partial charge on any atom is -0.325 e. The molecule has 0 spiro atoms. The lowest BCUT2D eigenvalue weighted by Gasteiger charge is -2.11. The predicted molar refractivity (Wildman–Crippen MR) is 82.3 cm³/mol. The number of nitrogens with one attached hydrogen (secondary N) is 2. The molecular formula is C14H20Cl2N2O. The summed E-state index contributed by atoms with van der Waals surface area (Å²) in [4.78, 5) is 11.8. The molecule has 1 aliphatic heterocycles. The summed E-state index contributed by atoms with van der Waals surface area (Å²) < 4.78 is 0. The van der Waals surface area contributed by atoms with Crippen LogP contribution in [0, 0.1) is 6.92 Å². The van der Waals surface area contributed by atoms with Crippen LogP contribution < -0.4 is 10.6 Å². The molecule has 0 radical (unpaired) electrons. The van der Waals surface area contributed by atoms with E-state index in [9.17, 15) is 4.79 Å². The van der Waals surface area contributed by atoms with E-state index in [4.69, 9.17) is 11.6 Å². The van der Waals surface area contributed by atoms with E-state index in [2.05, 4.69) is 10.6 Å². The summed E-state index contributed by atoms with van der Waals surface area (Å²) in [6, 6.07) is 6.16. The van der Waals surface area contributed by atoms with Gasteiger partial charge in [-0.3, -0.25) is 4.79 Å². The van der Waals surface area contributed by atoms with Crippen molar-refractivity contribution in [1.82, 2.24) is 5.32 Å². The Bertz CT molecular complexity index is 431. The van der Waals surface area contributed by atoms with Crippen LogP contribution in [0.25, 0.3) is 0 Å². The average molecular weight is 303 g/mol. The van der Waals surface area contributed by atoms with E-state index < -0.39 is 0 Å². The van der Waals surface area contributed by atoms with Crippen molar-refractivity contribution in [1.29, 1.82) is 0 Å². The molecule has 1 amide bonds. The molecule has 2 N–H and O–H groups in total. The standard InChI is InChI=1S/C14H19ClN2O.ClH/c1-10-4-6-13(12(15)9-10)17-14(18)7-5-11-3-2-8-16-11;/h4,6,9,11,16H,2-3,5,7-8H2,1H3,(H,17,18);1H. The Balaban J connectivity index is 0.00000180. The number of rotatable bonds is 4. The van der Waals surface area contributed by atoms with Crippen LogP contribution in [0.3, 0.4) is 0 Å². The number of carbonyl (C=O) groups is 1. The maximum atomic E-state index is 11.8. The van der Waals surface area contributed by atoms with E-state index in [0.717, 1.165) is 18.5 Å². The van der Waals surface area contributed by atoms with Gasteiger partial charge in [-0.1, -0.05) is 17.7 Å². The molecule has 1 saturated heterocycles. The SMILES string of the molecule is Cc1ccc(NC(=O)CCC2CCCN2)c(Cl)c1.Cl. The molecule has 3 nitrogen and oxygen atoms in total. The van der Waals surface area contributed by atoms with Crippen molar-refractivity contribution < 1.29 is 4.79 Å². The lowest BCUT2D eigenvalue weighted by atomic mass is 10.1. The highest BCUT2D eigenvalue weighted by Crippen LogP contribution is 2.23. The number of anilines is 1. The van der Waals surface area contributed by atoms with Crippen molar-refractivity contribution in [2.75, 3.05) is 11.9 Å². The molecule has 1 aromatic rings. The van der Waals surface area contributed by atoms with Gasteiger partial charge in [0.1, 0.15) is 0 Å². The molecule has 0 saturated carbocycles. The molecule has 1 unspecified atom stereocenters. The molecule has 19 heavy (non-hydrogen) atoms. The topological polar surface area (TPSA) is 41.1 Å². The van der Waals surface area contributed by atoms with Gasteiger partial charge >= 0.3 is 0 Å². The molecule has 5 heteroatoms. The van der Waals surface area contributed by atoms with Gasteiger partial charge < -0.3 is 10.6 Å². The number of hydrogen-bond acceptors (Lipinski definition) is 2. The molecule has 2 rings (SSSR count). The number of halogens is 2. The van der Waals surface area contributed by atoms with Gasteiger partial charge in [0, 0.05) is 12.5 Å². The number of aryl methyl sites for hydroxylation is 1. The van der Waals surface area contributed by atoms with E-state index >= 15 is 0 Å². The Morgan fingerprint density at radius 3 is 2.95 bits per heavy atom. The minimum atomic E-state index is 0. The third kappa shape index (κ3) is 5.01. The second-order valence-electron chi connectivity index (χ2n) is 4.86. The van der Waals surface area contributed by atoms with Gasteiger partial charge in [0.15, 0.2) is 0 Å². The summed E-state index contributed by atoms with van der Waals surface area (Å²) in [5, 5.41) is 6.85. The normalized spacial score (nSPS) is 17.9. The summed E-state index contributed by atoms with van der Waals surface area (Å²) in [5.74, 6) is 0.0365. The largest absolute Gasteiger partial charge is 0.325 e. The van der Waals surface area contributed by atoms with Crippen LogP contribution in [0.5, 0.6) is 0 Å². The van der Waals surface area contributed by atoms with Crippen molar-refractivity contribution in [3.63, 3.8) is 0 Å². The van der Waals surface area contributed by atoms with E-state index in [1.807, 2.05) is 25.1 Å². The summed E-state index contributed by atoms with van der Waals surface area (Å²) in [5.41, 5.74) is 1.79. The van der Waals surface area contributed by atoms with E-state index in [1.54, 1.807) is 0 Å². The summed E-state index contributed by atoms with van der Waals surface area (Å²) in [6.07, 6.45) is 3.84. The first-order valence-corrected chi connectivity index (χ1v) is 6.82. The molecule has 0 aliphatic carbocycles. The Hall–Kier alpha value is -0.770. The fourth-order valence-corrected chi connectivity index (χ4v) is 2.52. The molecule has 1 atom stereocenters. The van der Waals surface area contributed by atoms with Gasteiger partial charge in [-0.15, -0.1) is 12.4 Å². The molecule has 1 aromatic carbocycles. The summed E-state index contributed by atoms with van der Waals surface area (Å²) in [6.45, 7) is 3.05. The van der Waals surface area contributed by atoms with Gasteiger partial charge in [0.25, 0.3) is 0 Å². The zero-order valence-corrected chi connectivity index (χ0v) is 12.6. The third-order valence-corrected chi connectivity index (χ3v) is 3.59. The first-order valence-electron chi connectivity index (χ1n) is 6.44. The third-order valence-electron chi connectivity index (χ3n) is 3.28. The fraction of sp³-hybridized carbons (Fsp3) is 0.500. The Labute approximate surface area is 125 Å². The monoisotopic (exact) mass is 302 g/mol. The molecule has 1 fully saturated rings. The second-order valence-corrected chi connectivity index (χ2v) is 5.27. The van der Waals surface area contributed by atoms with Crippen LogP contribution in [-0.2, 0) is 4.79 Å². The molecule has 0 aromatic heterocycles. The van der Waals surface area contributed by atoms with E-state index in [1.165, 1.54) is 12.8 Å². The van der Waals surface area contributed by atoms with Crippen molar-refractivity contribution in [3.8, 4) is 0 Å². The fourth-order valence-electron chi connectivity index (χ4n) is 2.24. The lowest BCUT2D eigenvalue weighted by Crippen LogP contribution is -2.23. The Kier molecular flexibility index (Phi) is 6.63. The quantitative estimate of drug-likeness (QED) is 0.893. The Morgan fingerprint density at radius 2 is 2.32 bits per heavy atom. The zero-order valence-electron chi connectivity index (χ0n) is 11.0. The van der Waals surface area contributed by atoms with Crippen molar-refractivity contribution >= 4 is 35.6 Å². The highest BCUT2D eigenvalue weighted by Gasteiger charge is 2.15. The van der Waals surface area contributed by atoms with Gasteiger partial charge in [-0.25, -0.2) is 0 Å². The lowest BCUT2D eigenvalue weighted by molar-refractivity contribution is -0.116. The number of hydrogen-bond donors (Lipinski definition) is 2. The molecule has 106 valence electrons. The van der Waals surface area contributed by atoms with E-state index in [0.29, 0.717) is 23.2 Å². The molecular weight excluding hydrogens is 283 g/mol. The highest BCUT2D eigenvalue weighted by atomic mass is 35.5. The minimum absolute atomic E-state index is 0. The predicted octanol–water partition coefficient (Wildman–Crippen LogP) is 3.54. The number of carbonyl (C=O) groups excluding carboxylic acids is 1. The second kappa shape index (κ2) is 7.73. The van der Waals surface area contributed by atoms with Crippen LogP contribution in [0.2, 0.25) is 5.02 Å². The summed E-state index contributed by atoms with van der Waals surface area (Å²) >= 11 is 6.07. The highest BCUT2D eigenvalue weighted by molar-refractivity contribution is 6.33. The first kappa shape index (κ1) is 16.3. The number of amides is 1. The molecule has 1 heterocycles. The van der Waals surface area contributed by atoms with Gasteiger partial charge in [-0.2, -0.15) is 0 Å². The van der Waals surface area contributed by atoms with Crippen LogP contribution in [0.15, 0.2) is 18.2 Å². The maximum absolute atomic E-state index is 11.8. The van der Waals surface area contributed by atoms with Crippen LogP contribution in [0.4, 0.5) is 5.69 Å². The number of benzene rings is 1. The van der Waals surface area contributed by atoms with Crippen LogP contribution >= 0.6 is 24.0 Å². The van der Waals surface area contributed by atoms with Gasteiger partial charge in [0.05, 0.1) is 10.7 Å². The van der Waals surface area contributed by atoms with Crippen LogP contribution in [0.1, 0.15) is 31.2 Å².